The lowest BCUT2D eigenvalue weighted by Crippen LogP contribution is -2.51. The molecule has 1 saturated heterocycles. The summed E-state index contributed by atoms with van der Waals surface area (Å²) in [4.78, 5) is 25.3. The number of hydrogen-bond donors (Lipinski definition) is 3. The molecule has 1 heterocycles. The van der Waals surface area contributed by atoms with Crippen LogP contribution in [0.1, 0.15) is 11.1 Å². The second-order valence-electron chi connectivity index (χ2n) is 4.75. The van der Waals surface area contributed by atoms with Crippen molar-refractivity contribution < 1.29 is 9.59 Å². The highest BCUT2D eigenvalue weighted by Crippen LogP contribution is 2.04. The van der Waals surface area contributed by atoms with Crippen LogP contribution < -0.4 is 16.4 Å². The van der Waals surface area contributed by atoms with E-state index < -0.39 is 11.8 Å². The van der Waals surface area contributed by atoms with Gasteiger partial charge in [0.2, 0.25) is 0 Å². The number of benzene rings is 1. The van der Waals surface area contributed by atoms with Crippen LogP contribution in [0.3, 0.4) is 0 Å². The first-order chi connectivity index (χ1) is 9.70. The average molecular weight is 276 g/mol. The van der Waals surface area contributed by atoms with Crippen molar-refractivity contribution in [3.8, 4) is 0 Å². The van der Waals surface area contributed by atoms with E-state index in [1.54, 1.807) is 4.90 Å². The number of nitrogens with two attached hydrogens (primary N) is 1. The van der Waals surface area contributed by atoms with Gasteiger partial charge in [0.1, 0.15) is 0 Å². The highest BCUT2D eigenvalue weighted by molar-refractivity contribution is 6.34. The van der Waals surface area contributed by atoms with E-state index in [2.05, 4.69) is 10.6 Å². The Hall–Kier alpha value is -1.92. The lowest BCUT2D eigenvalue weighted by Gasteiger charge is -2.26. The van der Waals surface area contributed by atoms with Crippen LogP contribution >= 0.6 is 0 Å². The summed E-state index contributed by atoms with van der Waals surface area (Å²) >= 11 is 0. The normalized spacial score (nSPS) is 14.9. The van der Waals surface area contributed by atoms with Gasteiger partial charge in [0.25, 0.3) is 0 Å². The predicted molar refractivity (Wildman–Crippen MR) is 75.6 cm³/mol. The van der Waals surface area contributed by atoms with Gasteiger partial charge in [-0.05, 0) is 11.1 Å². The van der Waals surface area contributed by atoms with Crippen molar-refractivity contribution >= 4 is 11.8 Å². The molecular formula is C14H20N4O2. The molecule has 6 nitrogen and oxygen atoms in total. The zero-order valence-corrected chi connectivity index (χ0v) is 11.4. The summed E-state index contributed by atoms with van der Waals surface area (Å²) in [5.74, 6) is -1.01. The molecule has 1 aromatic rings. The third-order valence-corrected chi connectivity index (χ3v) is 3.28. The van der Waals surface area contributed by atoms with E-state index in [9.17, 15) is 9.59 Å². The van der Waals surface area contributed by atoms with Gasteiger partial charge in [0, 0.05) is 39.3 Å². The minimum atomic E-state index is -0.551. The number of amides is 2. The van der Waals surface area contributed by atoms with E-state index >= 15 is 0 Å². The number of rotatable bonds is 3. The second kappa shape index (κ2) is 7.02. The highest BCUT2D eigenvalue weighted by atomic mass is 16.2. The number of nitrogens with zero attached hydrogens (tertiary/aromatic N) is 1. The predicted octanol–water partition coefficient (Wildman–Crippen LogP) is -0.807. The summed E-state index contributed by atoms with van der Waals surface area (Å²) in [5.41, 5.74) is 7.51. The molecule has 4 N–H and O–H groups in total. The standard InChI is InChI=1S/C14H20N4O2/c15-9-11-2-1-3-12(8-11)10-17-13(19)14(20)18-6-4-16-5-7-18/h1-3,8,16H,4-7,9-10,15H2,(H,17,19). The molecule has 0 bridgehead atoms. The van der Waals surface area contributed by atoms with Crippen molar-refractivity contribution in [3.05, 3.63) is 35.4 Å². The number of hydrogen-bond acceptors (Lipinski definition) is 4. The van der Waals surface area contributed by atoms with Gasteiger partial charge >= 0.3 is 11.8 Å². The monoisotopic (exact) mass is 276 g/mol. The Labute approximate surface area is 118 Å². The smallest absolute Gasteiger partial charge is 0.311 e. The molecule has 1 fully saturated rings. The fourth-order valence-corrected chi connectivity index (χ4v) is 2.14. The second-order valence-corrected chi connectivity index (χ2v) is 4.75. The van der Waals surface area contributed by atoms with Crippen molar-refractivity contribution in [1.82, 2.24) is 15.5 Å². The van der Waals surface area contributed by atoms with Gasteiger partial charge < -0.3 is 21.3 Å². The van der Waals surface area contributed by atoms with E-state index in [4.69, 9.17) is 5.73 Å². The van der Waals surface area contributed by atoms with Crippen LogP contribution in [-0.4, -0.2) is 42.9 Å². The molecule has 0 aromatic heterocycles. The van der Waals surface area contributed by atoms with Crippen LogP contribution in [0.15, 0.2) is 24.3 Å². The van der Waals surface area contributed by atoms with Gasteiger partial charge in [-0.15, -0.1) is 0 Å². The summed E-state index contributed by atoms with van der Waals surface area (Å²) in [6, 6.07) is 7.64. The molecule has 0 aliphatic carbocycles. The van der Waals surface area contributed by atoms with Crippen LogP contribution in [0, 0.1) is 0 Å². The maximum atomic E-state index is 11.9. The van der Waals surface area contributed by atoms with Crippen molar-refractivity contribution in [1.29, 1.82) is 0 Å². The number of piperazine rings is 1. The topological polar surface area (TPSA) is 87.5 Å². The molecule has 0 radical (unpaired) electrons. The van der Waals surface area contributed by atoms with E-state index in [-0.39, 0.29) is 0 Å². The number of carbonyl (C=O) groups excluding carboxylic acids is 2. The molecule has 0 unspecified atom stereocenters. The first-order valence-corrected chi connectivity index (χ1v) is 6.76. The van der Waals surface area contributed by atoms with Gasteiger partial charge in [0.15, 0.2) is 0 Å². The Morgan fingerprint density at radius 1 is 1.25 bits per heavy atom. The third kappa shape index (κ3) is 3.79. The summed E-state index contributed by atoms with van der Waals surface area (Å²) in [7, 11) is 0. The fraction of sp³-hybridized carbons (Fsp3) is 0.429. The van der Waals surface area contributed by atoms with Crippen molar-refractivity contribution in [2.45, 2.75) is 13.1 Å². The maximum Gasteiger partial charge on any atom is 0.311 e. The molecule has 0 atom stereocenters. The van der Waals surface area contributed by atoms with Gasteiger partial charge in [-0.3, -0.25) is 9.59 Å². The van der Waals surface area contributed by atoms with Crippen molar-refractivity contribution in [2.75, 3.05) is 26.2 Å². The summed E-state index contributed by atoms with van der Waals surface area (Å²) in [6.07, 6.45) is 0. The van der Waals surface area contributed by atoms with Gasteiger partial charge in [-0.25, -0.2) is 0 Å². The Balaban J connectivity index is 1.86. The van der Waals surface area contributed by atoms with Crippen LogP contribution in [0.25, 0.3) is 0 Å². The lowest BCUT2D eigenvalue weighted by molar-refractivity contribution is -0.146. The van der Waals surface area contributed by atoms with Gasteiger partial charge in [0.05, 0.1) is 0 Å². The van der Waals surface area contributed by atoms with Crippen molar-refractivity contribution in [3.63, 3.8) is 0 Å². The van der Waals surface area contributed by atoms with E-state index in [1.807, 2.05) is 24.3 Å². The van der Waals surface area contributed by atoms with Gasteiger partial charge in [-0.1, -0.05) is 24.3 Å². The zero-order valence-electron chi connectivity index (χ0n) is 11.4. The molecular weight excluding hydrogens is 256 g/mol. The number of carbonyl (C=O) groups is 2. The van der Waals surface area contributed by atoms with E-state index in [1.165, 1.54) is 0 Å². The molecule has 1 aliphatic rings. The quantitative estimate of drug-likeness (QED) is 0.630. The first-order valence-electron chi connectivity index (χ1n) is 6.76. The molecule has 1 aromatic carbocycles. The third-order valence-electron chi connectivity index (χ3n) is 3.28. The summed E-state index contributed by atoms with van der Waals surface area (Å²) in [5, 5.41) is 5.80. The Kier molecular flexibility index (Phi) is 5.09. The van der Waals surface area contributed by atoms with E-state index in [0.29, 0.717) is 26.2 Å². The Morgan fingerprint density at radius 2 is 1.95 bits per heavy atom. The summed E-state index contributed by atoms with van der Waals surface area (Å²) < 4.78 is 0. The minimum Gasteiger partial charge on any atom is -0.344 e. The van der Waals surface area contributed by atoms with Crippen LogP contribution in [0.4, 0.5) is 0 Å². The molecule has 1 aliphatic heterocycles. The average Bonchev–Trinajstić information content (AvgIpc) is 2.53. The number of nitrogens with one attached hydrogen (secondary N) is 2. The van der Waals surface area contributed by atoms with Crippen LogP contribution in [0.2, 0.25) is 0 Å². The molecule has 6 heteroatoms. The molecule has 0 spiro atoms. The molecule has 108 valence electrons. The summed E-state index contributed by atoms with van der Waals surface area (Å²) in [6.45, 7) is 3.42. The Morgan fingerprint density at radius 3 is 2.65 bits per heavy atom. The zero-order chi connectivity index (χ0) is 14.4. The SMILES string of the molecule is NCc1cccc(CNC(=O)C(=O)N2CCNCC2)c1. The van der Waals surface area contributed by atoms with Crippen LogP contribution in [-0.2, 0) is 22.7 Å². The highest BCUT2D eigenvalue weighted by Gasteiger charge is 2.22. The fourth-order valence-electron chi connectivity index (χ4n) is 2.14. The Bertz CT molecular complexity index is 484. The van der Waals surface area contributed by atoms with Gasteiger partial charge in [-0.2, -0.15) is 0 Å². The maximum absolute atomic E-state index is 11.9. The largest absolute Gasteiger partial charge is 0.344 e. The molecule has 20 heavy (non-hydrogen) atoms. The molecule has 2 amide bonds. The molecule has 2 rings (SSSR count). The minimum absolute atomic E-state index is 0.338. The molecule has 0 saturated carbocycles. The van der Waals surface area contributed by atoms with Crippen molar-refractivity contribution in [2.24, 2.45) is 5.73 Å². The van der Waals surface area contributed by atoms with Crippen LogP contribution in [0.5, 0.6) is 0 Å². The lowest BCUT2D eigenvalue weighted by atomic mass is 10.1. The first kappa shape index (κ1) is 14.5. The van der Waals surface area contributed by atoms with E-state index in [0.717, 1.165) is 24.2 Å².